The van der Waals surface area contributed by atoms with Crippen molar-refractivity contribution in [1.82, 2.24) is 0 Å². The highest BCUT2D eigenvalue weighted by molar-refractivity contribution is 6.36. The second-order valence-electron chi connectivity index (χ2n) is 8.41. The molecule has 9 nitrogen and oxygen atoms in total. The number of benzene rings is 3. The number of Topliss-reactive ketones (excluding diaryl/α,β-unsaturated/α-hetero) is 2. The van der Waals surface area contributed by atoms with Crippen LogP contribution < -0.4 is 10.1 Å². The molecule has 3 rings (SSSR count). The van der Waals surface area contributed by atoms with Gasteiger partial charge in [-0.25, -0.2) is 4.79 Å². The van der Waals surface area contributed by atoms with Crippen molar-refractivity contribution in [3.63, 3.8) is 0 Å². The van der Waals surface area contributed by atoms with E-state index >= 15 is 0 Å². The van der Waals surface area contributed by atoms with Gasteiger partial charge in [-0.2, -0.15) is 0 Å². The van der Waals surface area contributed by atoms with Gasteiger partial charge in [0.1, 0.15) is 5.75 Å². The lowest BCUT2D eigenvalue weighted by Crippen LogP contribution is -2.16. The van der Waals surface area contributed by atoms with Gasteiger partial charge in [0.05, 0.1) is 17.7 Å². The van der Waals surface area contributed by atoms with Crippen molar-refractivity contribution in [2.75, 3.05) is 25.6 Å². The topological polar surface area (TPSA) is 125 Å². The van der Waals surface area contributed by atoms with Crippen LogP contribution in [0.25, 0.3) is 0 Å². The van der Waals surface area contributed by atoms with Crippen LogP contribution in [-0.4, -0.2) is 49.7 Å². The molecule has 40 heavy (non-hydrogen) atoms. The largest absolute Gasteiger partial charge is 0.497 e. The van der Waals surface area contributed by atoms with E-state index in [1.54, 1.807) is 24.3 Å². The number of hydrogen-bond donors (Lipinski definition) is 1. The average Bonchev–Trinajstić information content (AvgIpc) is 2.95. The Morgan fingerprint density at radius 1 is 0.750 bits per heavy atom. The molecule has 0 aromatic heterocycles. The maximum Gasteiger partial charge on any atom is 0.338 e. The normalized spacial score (nSPS) is 10.4. The molecule has 0 saturated carbocycles. The zero-order valence-corrected chi connectivity index (χ0v) is 22.9. The van der Waals surface area contributed by atoms with E-state index in [2.05, 4.69) is 5.32 Å². The number of carbonyl (C=O) groups excluding carboxylic acids is 5. The molecule has 0 heterocycles. The number of ether oxygens (including phenoxy) is 3. The minimum Gasteiger partial charge on any atom is -0.497 e. The van der Waals surface area contributed by atoms with Crippen LogP contribution in [0.5, 0.6) is 5.75 Å². The maximum atomic E-state index is 12.3. The highest BCUT2D eigenvalue weighted by Crippen LogP contribution is 2.21. The molecule has 0 atom stereocenters. The zero-order chi connectivity index (χ0) is 29.1. The molecule has 3 aromatic rings. The highest BCUT2D eigenvalue weighted by atomic mass is 35.5. The zero-order valence-electron chi connectivity index (χ0n) is 21.4. The Hall–Kier alpha value is -4.21. The molecule has 0 radical (unpaired) electrons. The Balaban J connectivity index is 1.36. The van der Waals surface area contributed by atoms with E-state index in [1.165, 1.54) is 49.6 Å². The predicted molar refractivity (Wildman–Crippen MR) is 148 cm³/mol. The fourth-order valence-electron chi connectivity index (χ4n) is 3.39. The summed E-state index contributed by atoms with van der Waals surface area (Å²) in [5.41, 5.74) is 1.22. The lowest BCUT2D eigenvalue weighted by Gasteiger charge is -2.08. The second-order valence-corrected chi connectivity index (χ2v) is 9.26. The fraction of sp³-hybridized carbons (Fsp3) is 0.207. The number of ketones is 2. The van der Waals surface area contributed by atoms with E-state index in [-0.39, 0.29) is 47.1 Å². The molecule has 0 aliphatic rings. The van der Waals surface area contributed by atoms with E-state index < -0.39 is 30.9 Å². The van der Waals surface area contributed by atoms with Gasteiger partial charge >= 0.3 is 11.9 Å². The number of rotatable bonds is 13. The summed E-state index contributed by atoms with van der Waals surface area (Å²) in [5.74, 6) is -1.88. The van der Waals surface area contributed by atoms with Crippen molar-refractivity contribution in [3.8, 4) is 5.75 Å². The Bertz CT molecular complexity index is 1390. The number of methoxy groups -OCH3 is 1. The van der Waals surface area contributed by atoms with E-state index in [9.17, 15) is 24.0 Å². The van der Waals surface area contributed by atoms with Crippen LogP contribution >= 0.6 is 23.2 Å². The summed E-state index contributed by atoms with van der Waals surface area (Å²) in [7, 11) is 1.52. The molecule has 0 spiro atoms. The van der Waals surface area contributed by atoms with Gasteiger partial charge in [-0.05, 0) is 73.2 Å². The van der Waals surface area contributed by atoms with Gasteiger partial charge in [-0.1, -0.05) is 23.2 Å². The van der Waals surface area contributed by atoms with Gasteiger partial charge < -0.3 is 19.5 Å². The van der Waals surface area contributed by atoms with Crippen molar-refractivity contribution in [2.24, 2.45) is 0 Å². The number of carbonyl (C=O) groups is 5. The molecule has 1 amide bonds. The lowest BCUT2D eigenvalue weighted by molar-refractivity contribution is -0.142. The maximum absolute atomic E-state index is 12.3. The van der Waals surface area contributed by atoms with Gasteiger partial charge in [0, 0.05) is 34.7 Å². The third-order valence-electron chi connectivity index (χ3n) is 5.53. The summed E-state index contributed by atoms with van der Waals surface area (Å²) < 4.78 is 15.1. The van der Waals surface area contributed by atoms with E-state index in [4.69, 9.17) is 37.4 Å². The van der Waals surface area contributed by atoms with Crippen LogP contribution in [0.1, 0.15) is 50.3 Å². The van der Waals surface area contributed by atoms with Gasteiger partial charge in [-0.15, -0.1) is 0 Å². The monoisotopic (exact) mass is 585 g/mol. The molecule has 0 unspecified atom stereocenters. The first kappa shape index (κ1) is 30.3. The summed E-state index contributed by atoms with van der Waals surface area (Å²) in [5, 5.41) is 3.20. The summed E-state index contributed by atoms with van der Waals surface area (Å²) in [6.45, 7) is -0.897. The van der Waals surface area contributed by atoms with Crippen LogP contribution in [0.15, 0.2) is 66.7 Å². The van der Waals surface area contributed by atoms with E-state index in [0.717, 1.165) is 0 Å². The first-order chi connectivity index (χ1) is 19.2. The summed E-state index contributed by atoms with van der Waals surface area (Å²) in [4.78, 5) is 60.8. The summed E-state index contributed by atoms with van der Waals surface area (Å²) in [6.07, 6.45) is 0.172. The quantitative estimate of drug-likeness (QED) is 0.203. The molecule has 3 aromatic carbocycles. The van der Waals surface area contributed by atoms with Crippen molar-refractivity contribution in [3.05, 3.63) is 93.5 Å². The molecule has 0 aliphatic heterocycles. The molecule has 208 valence electrons. The van der Waals surface area contributed by atoms with Gasteiger partial charge in [0.25, 0.3) is 0 Å². The van der Waals surface area contributed by atoms with Crippen molar-refractivity contribution in [1.29, 1.82) is 0 Å². The number of halogens is 2. The number of nitrogens with one attached hydrogen (secondary N) is 1. The van der Waals surface area contributed by atoms with Crippen molar-refractivity contribution < 1.29 is 38.2 Å². The molecular formula is C29H25Cl2NO8. The van der Waals surface area contributed by atoms with Crippen LogP contribution in [0.3, 0.4) is 0 Å². The fourth-order valence-corrected chi connectivity index (χ4v) is 3.91. The Kier molecular flexibility index (Phi) is 11.2. The molecule has 0 aliphatic carbocycles. The van der Waals surface area contributed by atoms with Gasteiger partial charge in [-0.3, -0.25) is 19.2 Å². The highest BCUT2D eigenvalue weighted by Gasteiger charge is 2.15. The van der Waals surface area contributed by atoms with E-state index in [0.29, 0.717) is 22.0 Å². The lowest BCUT2D eigenvalue weighted by atomic mass is 10.1. The SMILES string of the molecule is COc1ccc(C(=O)COC(=O)c2ccc(NC(=O)CCCC(=O)OCC(=O)c3ccc(Cl)cc3Cl)cc2)cc1. The standard InChI is InChI=1S/C29H25Cl2NO8/c1-38-22-12-7-18(8-13-22)25(33)16-40-29(37)19-5-10-21(11-6-19)32-27(35)3-2-4-28(36)39-17-26(34)23-14-9-20(30)15-24(23)31/h5-15H,2-4,16-17H2,1H3,(H,32,35). The van der Waals surface area contributed by atoms with E-state index in [1.807, 2.05) is 0 Å². The van der Waals surface area contributed by atoms with Crippen LogP contribution in [-0.2, 0) is 19.1 Å². The number of amides is 1. The molecule has 0 bridgehead atoms. The predicted octanol–water partition coefficient (Wildman–Crippen LogP) is 5.58. The van der Waals surface area contributed by atoms with Gasteiger partial charge in [0.2, 0.25) is 11.7 Å². The molecule has 1 N–H and O–H groups in total. The minimum absolute atomic E-state index is 0.0311. The van der Waals surface area contributed by atoms with Crippen molar-refractivity contribution >= 4 is 58.3 Å². The molecular weight excluding hydrogens is 561 g/mol. The molecule has 11 heteroatoms. The number of esters is 2. The number of hydrogen-bond acceptors (Lipinski definition) is 8. The van der Waals surface area contributed by atoms with Gasteiger partial charge in [0.15, 0.2) is 19.0 Å². The third kappa shape index (κ3) is 9.21. The number of anilines is 1. The first-order valence-electron chi connectivity index (χ1n) is 12.0. The van der Waals surface area contributed by atoms with Crippen molar-refractivity contribution in [2.45, 2.75) is 19.3 Å². The Morgan fingerprint density at radius 3 is 2.05 bits per heavy atom. The third-order valence-corrected chi connectivity index (χ3v) is 6.08. The summed E-state index contributed by atoms with van der Waals surface area (Å²) >= 11 is 11.8. The summed E-state index contributed by atoms with van der Waals surface area (Å²) in [6, 6.07) is 16.7. The molecule has 0 fully saturated rings. The Labute approximate surface area is 240 Å². The van der Waals surface area contributed by atoms with Crippen LogP contribution in [0.4, 0.5) is 5.69 Å². The Morgan fingerprint density at radius 2 is 1.40 bits per heavy atom. The second kappa shape index (κ2) is 14.8. The minimum atomic E-state index is -0.685. The van der Waals surface area contributed by atoms with Crippen LogP contribution in [0, 0.1) is 0 Å². The average molecular weight is 586 g/mol. The van der Waals surface area contributed by atoms with Crippen LogP contribution in [0.2, 0.25) is 10.0 Å². The smallest absolute Gasteiger partial charge is 0.338 e. The molecule has 0 saturated heterocycles. The first-order valence-corrected chi connectivity index (χ1v) is 12.8.